The highest BCUT2D eigenvalue weighted by Crippen LogP contribution is 2.47. The lowest BCUT2D eigenvalue weighted by molar-refractivity contribution is -0.137. The molecule has 2 aromatic rings. The van der Waals surface area contributed by atoms with Gasteiger partial charge in [-0.05, 0) is 74.1 Å². The highest BCUT2D eigenvalue weighted by Gasteiger charge is 2.38. The summed E-state index contributed by atoms with van der Waals surface area (Å²) in [5.41, 5.74) is 2.36. The minimum absolute atomic E-state index is 0.0824. The Labute approximate surface area is 222 Å². The molecule has 0 saturated heterocycles. The SMILES string of the molecule is CC.CC.CCCCC(=O)NCC1CCC2CNc3ccc(C(F)(F)F)cc3C2C1.Cc1ccccc1. The molecule has 0 aromatic heterocycles. The number of carbonyl (C=O) groups excluding carboxylic acids is 1. The molecular formula is C31H47F3N2O. The summed E-state index contributed by atoms with van der Waals surface area (Å²) in [5.74, 6) is 0.930. The first-order chi connectivity index (χ1) is 17.8. The van der Waals surface area contributed by atoms with Gasteiger partial charge in [0.15, 0.2) is 0 Å². The van der Waals surface area contributed by atoms with Crippen molar-refractivity contribution in [2.24, 2.45) is 11.8 Å². The van der Waals surface area contributed by atoms with Gasteiger partial charge in [-0.15, -0.1) is 0 Å². The van der Waals surface area contributed by atoms with Crippen LogP contribution in [0, 0.1) is 18.8 Å². The highest BCUT2D eigenvalue weighted by atomic mass is 19.4. The Morgan fingerprint density at radius 3 is 2.27 bits per heavy atom. The lowest BCUT2D eigenvalue weighted by Gasteiger charge is -2.41. The third-order valence-corrected chi connectivity index (χ3v) is 6.72. The maximum Gasteiger partial charge on any atom is 0.416 e. The van der Waals surface area contributed by atoms with Crippen molar-refractivity contribution in [2.45, 2.75) is 92.2 Å². The fourth-order valence-corrected chi connectivity index (χ4v) is 4.80. The number of alkyl halides is 3. The van der Waals surface area contributed by atoms with Crippen LogP contribution < -0.4 is 10.6 Å². The zero-order valence-electron chi connectivity index (χ0n) is 23.5. The van der Waals surface area contributed by atoms with Crippen molar-refractivity contribution in [2.75, 3.05) is 18.4 Å². The summed E-state index contributed by atoms with van der Waals surface area (Å²) in [6.07, 6.45) is 0.968. The van der Waals surface area contributed by atoms with Gasteiger partial charge < -0.3 is 10.6 Å². The van der Waals surface area contributed by atoms with Gasteiger partial charge in [0.05, 0.1) is 5.56 Å². The van der Waals surface area contributed by atoms with Gasteiger partial charge in [-0.25, -0.2) is 0 Å². The molecule has 1 aliphatic carbocycles. The molecule has 2 aromatic carbocycles. The molecule has 1 heterocycles. The van der Waals surface area contributed by atoms with Crippen molar-refractivity contribution < 1.29 is 18.0 Å². The molecule has 1 aliphatic heterocycles. The summed E-state index contributed by atoms with van der Waals surface area (Å²) in [7, 11) is 0. The van der Waals surface area contributed by atoms with Crippen molar-refractivity contribution in [3.05, 3.63) is 65.2 Å². The Hall–Kier alpha value is -2.50. The molecule has 0 spiro atoms. The number of aryl methyl sites for hydroxylation is 1. The first-order valence-electron chi connectivity index (χ1n) is 14.0. The molecule has 3 unspecified atom stereocenters. The maximum absolute atomic E-state index is 13.1. The van der Waals surface area contributed by atoms with Crippen LogP contribution in [0.15, 0.2) is 48.5 Å². The van der Waals surface area contributed by atoms with E-state index in [1.165, 1.54) is 11.6 Å². The standard InChI is InChI=1S/C20H27F3N2O.C7H8.2C2H6/c1-2-3-4-19(26)25-11-13-5-6-14-12-24-18-8-7-15(20(21,22)23)10-17(18)16(14)9-13;1-7-5-3-2-4-6-7;2*1-2/h7-8,10,13-14,16,24H,2-6,9,11-12H2,1H3,(H,25,26);2-6H,1H3;2*1-2H3. The minimum Gasteiger partial charge on any atom is -0.385 e. The van der Waals surface area contributed by atoms with Crippen LogP contribution in [0.5, 0.6) is 0 Å². The lowest BCUT2D eigenvalue weighted by atomic mass is 9.69. The Morgan fingerprint density at radius 1 is 1.03 bits per heavy atom. The Kier molecular flexibility index (Phi) is 15.0. The number of nitrogens with one attached hydrogen (secondary N) is 2. The van der Waals surface area contributed by atoms with Gasteiger partial charge in [0.2, 0.25) is 5.91 Å². The molecule has 1 fully saturated rings. The summed E-state index contributed by atoms with van der Waals surface area (Å²) in [6.45, 7) is 13.6. The van der Waals surface area contributed by atoms with Crippen LogP contribution in [0.2, 0.25) is 0 Å². The number of halogens is 3. The van der Waals surface area contributed by atoms with Crippen LogP contribution in [0.1, 0.15) is 95.8 Å². The van der Waals surface area contributed by atoms with Crippen molar-refractivity contribution in [3.63, 3.8) is 0 Å². The third-order valence-electron chi connectivity index (χ3n) is 6.72. The number of hydrogen-bond acceptors (Lipinski definition) is 2. The van der Waals surface area contributed by atoms with Crippen molar-refractivity contribution in [1.82, 2.24) is 5.32 Å². The van der Waals surface area contributed by atoms with Crippen LogP contribution in [0.4, 0.5) is 18.9 Å². The molecule has 1 amide bonds. The van der Waals surface area contributed by atoms with Crippen LogP contribution in [-0.4, -0.2) is 19.0 Å². The predicted molar refractivity (Wildman–Crippen MR) is 150 cm³/mol. The van der Waals surface area contributed by atoms with Gasteiger partial charge in [0.1, 0.15) is 0 Å². The molecule has 6 heteroatoms. The van der Waals surface area contributed by atoms with Gasteiger partial charge in [-0.1, -0.05) is 76.9 Å². The van der Waals surface area contributed by atoms with E-state index in [2.05, 4.69) is 36.6 Å². The Morgan fingerprint density at radius 2 is 1.70 bits per heavy atom. The normalized spacial score (nSPS) is 19.5. The van der Waals surface area contributed by atoms with Crippen LogP contribution in [0.3, 0.4) is 0 Å². The molecule has 37 heavy (non-hydrogen) atoms. The quantitative estimate of drug-likeness (QED) is 0.413. The fourth-order valence-electron chi connectivity index (χ4n) is 4.80. The van der Waals surface area contributed by atoms with Crippen LogP contribution >= 0.6 is 0 Å². The van der Waals surface area contributed by atoms with Crippen LogP contribution in [-0.2, 0) is 11.0 Å². The number of hydrogen-bond donors (Lipinski definition) is 2. The van der Waals surface area contributed by atoms with E-state index in [0.29, 0.717) is 24.8 Å². The second-order valence-electron chi connectivity index (χ2n) is 9.29. The smallest absolute Gasteiger partial charge is 0.385 e. The van der Waals surface area contributed by atoms with E-state index >= 15 is 0 Å². The van der Waals surface area contributed by atoms with Crippen LogP contribution in [0.25, 0.3) is 0 Å². The van der Waals surface area contributed by atoms with Crippen molar-refractivity contribution in [3.8, 4) is 0 Å². The molecular weight excluding hydrogens is 473 g/mol. The summed E-state index contributed by atoms with van der Waals surface area (Å²) in [5, 5.41) is 6.30. The number of amides is 1. The van der Waals surface area contributed by atoms with Gasteiger partial charge in [-0.2, -0.15) is 13.2 Å². The lowest BCUT2D eigenvalue weighted by Crippen LogP contribution is -2.37. The van der Waals surface area contributed by atoms with E-state index in [0.717, 1.165) is 56.0 Å². The third kappa shape index (κ3) is 10.8. The zero-order chi connectivity index (χ0) is 27.8. The first kappa shape index (κ1) is 32.5. The highest BCUT2D eigenvalue weighted by molar-refractivity contribution is 5.75. The molecule has 4 rings (SSSR count). The summed E-state index contributed by atoms with van der Waals surface area (Å²) >= 11 is 0. The average molecular weight is 521 g/mol. The molecule has 1 saturated carbocycles. The fraction of sp³-hybridized carbons (Fsp3) is 0.581. The molecule has 3 nitrogen and oxygen atoms in total. The summed E-state index contributed by atoms with van der Waals surface area (Å²) in [4.78, 5) is 11.8. The minimum atomic E-state index is -4.32. The number of benzene rings is 2. The number of rotatable bonds is 5. The average Bonchev–Trinajstić information content (AvgIpc) is 2.92. The number of anilines is 1. The van der Waals surface area contributed by atoms with Gasteiger partial charge in [0, 0.05) is 25.2 Å². The Balaban J connectivity index is 0.000000525. The topological polar surface area (TPSA) is 41.1 Å². The van der Waals surface area contributed by atoms with Crippen molar-refractivity contribution in [1.29, 1.82) is 0 Å². The number of unbranched alkanes of at least 4 members (excludes halogenated alkanes) is 1. The molecule has 0 radical (unpaired) electrons. The Bertz CT molecular complexity index is 899. The van der Waals surface area contributed by atoms with Gasteiger partial charge in [-0.3, -0.25) is 4.79 Å². The van der Waals surface area contributed by atoms with E-state index in [9.17, 15) is 18.0 Å². The zero-order valence-corrected chi connectivity index (χ0v) is 23.5. The number of carbonyl (C=O) groups is 1. The second kappa shape index (κ2) is 17.1. The van der Waals surface area contributed by atoms with Gasteiger partial charge in [0.25, 0.3) is 0 Å². The van der Waals surface area contributed by atoms with E-state index < -0.39 is 11.7 Å². The summed E-state index contributed by atoms with van der Waals surface area (Å²) < 4.78 is 39.3. The first-order valence-corrected chi connectivity index (χ1v) is 14.0. The molecule has 208 valence electrons. The predicted octanol–water partition coefficient (Wildman–Crippen LogP) is 8.98. The van der Waals surface area contributed by atoms with Crippen molar-refractivity contribution >= 4 is 11.6 Å². The van der Waals surface area contributed by atoms with Gasteiger partial charge >= 0.3 is 6.18 Å². The van der Waals surface area contributed by atoms with E-state index in [-0.39, 0.29) is 11.8 Å². The molecule has 3 atom stereocenters. The molecule has 2 aliphatic rings. The van der Waals surface area contributed by atoms with E-state index in [1.54, 1.807) is 6.07 Å². The maximum atomic E-state index is 13.1. The van der Waals surface area contributed by atoms with E-state index in [1.807, 2.05) is 45.9 Å². The second-order valence-corrected chi connectivity index (χ2v) is 9.29. The molecule has 0 bridgehead atoms. The number of fused-ring (bicyclic) bond motifs is 3. The largest absolute Gasteiger partial charge is 0.416 e. The summed E-state index contributed by atoms with van der Waals surface area (Å²) in [6, 6.07) is 14.3. The van der Waals surface area contributed by atoms with E-state index in [4.69, 9.17) is 0 Å². The monoisotopic (exact) mass is 520 g/mol. The molecule has 2 N–H and O–H groups in total.